The average Bonchev–Trinajstić information content (AvgIpc) is 3.13. The molecule has 0 radical (unpaired) electrons. The van der Waals surface area contributed by atoms with Crippen LogP contribution in [0.1, 0.15) is 142 Å². The van der Waals surface area contributed by atoms with E-state index in [0.717, 1.165) is 64.2 Å². The van der Waals surface area contributed by atoms with Gasteiger partial charge in [0.05, 0.1) is 26.4 Å². The molecule has 0 aromatic carbocycles. The van der Waals surface area contributed by atoms with Gasteiger partial charge in [0.25, 0.3) is 0 Å². The van der Waals surface area contributed by atoms with Crippen LogP contribution in [0.2, 0.25) is 0 Å². The monoisotopic (exact) mass is 752 g/mol. The Hall–Kier alpha value is -2.10. The molecule has 52 heavy (non-hydrogen) atoms. The second-order valence-corrected chi connectivity index (χ2v) is 14.4. The molecule has 0 spiro atoms. The minimum atomic E-state index is -4.53. The lowest BCUT2D eigenvalue weighted by Crippen LogP contribution is -2.29. The molecular weight excluding hydrogens is 679 g/mol. The number of carbonyl (C=O) groups is 1. The SMILES string of the molecule is CC/C=C\C/C=C\C/C=C\C/C=C\C/C=C\CCCC(=O)OC(COCCCCCCCC/C=C\CCCCCC)COP(=O)(O)OCC(O)CO. The minimum Gasteiger partial charge on any atom is -0.457 e. The molecule has 3 N–H and O–H groups in total. The van der Waals surface area contributed by atoms with Crippen LogP contribution in [0, 0.1) is 0 Å². The third-order valence-corrected chi connectivity index (χ3v) is 8.83. The first-order chi connectivity index (χ1) is 25.3. The molecule has 0 aliphatic rings. The lowest BCUT2D eigenvalue weighted by molar-refractivity contribution is -0.154. The molecule has 0 rings (SSSR count). The number of ether oxygens (including phenoxy) is 2. The summed E-state index contributed by atoms with van der Waals surface area (Å²) in [6, 6.07) is 0. The van der Waals surface area contributed by atoms with Crippen molar-refractivity contribution in [1.29, 1.82) is 0 Å². The van der Waals surface area contributed by atoms with Crippen molar-refractivity contribution in [2.45, 2.75) is 154 Å². The van der Waals surface area contributed by atoms with Gasteiger partial charge in [-0.25, -0.2) is 4.57 Å². The van der Waals surface area contributed by atoms with Crippen molar-refractivity contribution in [3.63, 3.8) is 0 Å². The molecule has 0 aliphatic heterocycles. The summed E-state index contributed by atoms with van der Waals surface area (Å²) in [6.45, 7) is 3.27. The highest BCUT2D eigenvalue weighted by molar-refractivity contribution is 7.47. The number of hydrogen-bond acceptors (Lipinski definition) is 8. The Morgan fingerprint density at radius 1 is 0.615 bits per heavy atom. The lowest BCUT2D eigenvalue weighted by atomic mass is 10.1. The number of hydrogen-bond donors (Lipinski definition) is 3. The maximum Gasteiger partial charge on any atom is 0.472 e. The van der Waals surface area contributed by atoms with Crippen molar-refractivity contribution in [2.24, 2.45) is 0 Å². The summed E-state index contributed by atoms with van der Waals surface area (Å²) < 4.78 is 33.2. The van der Waals surface area contributed by atoms with Crippen LogP contribution in [-0.2, 0) is 27.9 Å². The highest BCUT2D eigenvalue weighted by atomic mass is 31.2. The zero-order valence-electron chi connectivity index (χ0n) is 32.5. The van der Waals surface area contributed by atoms with Gasteiger partial charge in [-0.2, -0.15) is 0 Å². The summed E-state index contributed by atoms with van der Waals surface area (Å²) in [5, 5.41) is 18.3. The minimum absolute atomic E-state index is 0.0184. The molecule has 0 fully saturated rings. The first-order valence-electron chi connectivity index (χ1n) is 19.9. The Kier molecular flexibility index (Phi) is 37.1. The fourth-order valence-corrected chi connectivity index (χ4v) is 5.64. The average molecular weight is 753 g/mol. The molecule has 0 bridgehead atoms. The van der Waals surface area contributed by atoms with Gasteiger partial charge < -0.3 is 24.6 Å². The summed E-state index contributed by atoms with van der Waals surface area (Å²) in [5.41, 5.74) is 0. The van der Waals surface area contributed by atoms with Gasteiger partial charge in [0.15, 0.2) is 0 Å². The van der Waals surface area contributed by atoms with Gasteiger partial charge in [0.2, 0.25) is 0 Å². The van der Waals surface area contributed by atoms with Gasteiger partial charge in [-0.1, -0.05) is 132 Å². The van der Waals surface area contributed by atoms with Gasteiger partial charge in [-0.05, 0) is 77.0 Å². The van der Waals surface area contributed by atoms with E-state index in [1.807, 2.05) is 6.08 Å². The van der Waals surface area contributed by atoms with Crippen molar-refractivity contribution >= 4 is 13.8 Å². The normalized spacial score (nSPS) is 14.9. The van der Waals surface area contributed by atoms with E-state index in [1.165, 1.54) is 51.4 Å². The number of aliphatic hydroxyl groups excluding tert-OH is 2. The maximum absolute atomic E-state index is 12.6. The Balaban J connectivity index is 4.35. The second-order valence-electron chi connectivity index (χ2n) is 12.9. The van der Waals surface area contributed by atoms with Crippen LogP contribution in [0.25, 0.3) is 0 Å². The van der Waals surface area contributed by atoms with Gasteiger partial charge in [0, 0.05) is 13.0 Å². The fraction of sp³-hybridized carbons (Fsp3) is 0.690. The molecule has 0 aliphatic carbocycles. The lowest BCUT2D eigenvalue weighted by Gasteiger charge is -2.20. The molecule has 300 valence electrons. The first kappa shape index (κ1) is 49.9. The highest BCUT2D eigenvalue weighted by Crippen LogP contribution is 2.43. The standard InChI is InChI=1S/C42H73O9P/c1-3-5-7-9-11-13-15-17-19-20-21-22-24-26-28-30-32-34-42(45)51-41(39-50-52(46,47)49-37-40(44)36-43)38-48-35-33-31-29-27-25-23-18-16-14-12-10-8-6-4-2/h5,7,11,13-14,16-17,19,21-22,26,28,40-41,43-44H,3-4,6,8-10,12,15,18,20,23-25,27,29-39H2,1-2H3,(H,46,47)/b7-5-,13-11-,16-14-,19-17-,22-21-,28-26-. The number of phosphoric acid groups is 1. The summed E-state index contributed by atoms with van der Waals surface area (Å²) in [4.78, 5) is 22.5. The molecule has 0 amide bonds. The summed E-state index contributed by atoms with van der Waals surface area (Å²) in [7, 11) is -4.53. The Labute approximate surface area is 316 Å². The van der Waals surface area contributed by atoms with E-state index in [1.54, 1.807) is 0 Å². The predicted molar refractivity (Wildman–Crippen MR) is 214 cm³/mol. The second kappa shape index (κ2) is 38.6. The van der Waals surface area contributed by atoms with Gasteiger partial charge in [0.1, 0.15) is 12.2 Å². The van der Waals surface area contributed by atoms with Crippen LogP contribution in [0.4, 0.5) is 0 Å². The van der Waals surface area contributed by atoms with Crippen LogP contribution in [-0.4, -0.2) is 66.3 Å². The molecule has 0 aromatic heterocycles. The highest BCUT2D eigenvalue weighted by Gasteiger charge is 2.26. The summed E-state index contributed by atoms with van der Waals surface area (Å²) >= 11 is 0. The van der Waals surface area contributed by atoms with Crippen molar-refractivity contribution < 1.29 is 43.0 Å². The third-order valence-electron chi connectivity index (χ3n) is 7.88. The zero-order chi connectivity index (χ0) is 38.2. The van der Waals surface area contributed by atoms with Crippen molar-refractivity contribution in [3.05, 3.63) is 72.9 Å². The van der Waals surface area contributed by atoms with Crippen LogP contribution in [0.15, 0.2) is 72.9 Å². The van der Waals surface area contributed by atoms with Crippen LogP contribution < -0.4 is 0 Å². The van der Waals surface area contributed by atoms with E-state index in [4.69, 9.17) is 23.6 Å². The Morgan fingerprint density at radius 2 is 1.10 bits per heavy atom. The first-order valence-corrected chi connectivity index (χ1v) is 21.4. The smallest absolute Gasteiger partial charge is 0.457 e. The van der Waals surface area contributed by atoms with E-state index >= 15 is 0 Å². The van der Waals surface area contributed by atoms with E-state index < -0.39 is 45.8 Å². The Morgan fingerprint density at radius 3 is 1.67 bits per heavy atom. The molecule has 10 heteroatoms. The summed E-state index contributed by atoms with van der Waals surface area (Å²) in [6.07, 6.45) is 44.4. The molecular formula is C42H73O9P. The molecule has 3 unspecified atom stereocenters. The van der Waals surface area contributed by atoms with Crippen molar-refractivity contribution in [2.75, 3.05) is 33.0 Å². The van der Waals surface area contributed by atoms with Gasteiger partial charge >= 0.3 is 13.8 Å². The number of esters is 1. The molecule has 0 saturated carbocycles. The molecule has 0 aromatic rings. The number of aliphatic hydroxyl groups is 2. The van der Waals surface area contributed by atoms with E-state index in [0.29, 0.717) is 13.0 Å². The third kappa shape index (κ3) is 37.7. The largest absolute Gasteiger partial charge is 0.472 e. The number of rotatable bonds is 37. The van der Waals surface area contributed by atoms with Crippen LogP contribution in [0.3, 0.4) is 0 Å². The van der Waals surface area contributed by atoms with Crippen LogP contribution >= 0.6 is 7.82 Å². The molecule has 0 heterocycles. The van der Waals surface area contributed by atoms with Gasteiger partial charge in [-0.3, -0.25) is 13.8 Å². The predicted octanol–water partition coefficient (Wildman–Crippen LogP) is 10.6. The number of phosphoric ester groups is 1. The van der Waals surface area contributed by atoms with E-state index in [2.05, 4.69) is 80.7 Å². The quantitative estimate of drug-likeness (QED) is 0.0245. The number of carbonyl (C=O) groups excluding carboxylic acids is 1. The van der Waals surface area contributed by atoms with Crippen LogP contribution in [0.5, 0.6) is 0 Å². The van der Waals surface area contributed by atoms with Crippen molar-refractivity contribution in [3.8, 4) is 0 Å². The molecule has 3 atom stereocenters. The fourth-order valence-electron chi connectivity index (χ4n) is 4.85. The van der Waals surface area contributed by atoms with E-state index in [-0.39, 0.29) is 13.0 Å². The number of allylic oxidation sites excluding steroid dienone is 12. The molecule has 0 saturated heterocycles. The Bertz CT molecular complexity index is 1030. The van der Waals surface area contributed by atoms with Crippen molar-refractivity contribution in [1.82, 2.24) is 0 Å². The zero-order valence-corrected chi connectivity index (χ0v) is 33.4. The number of unbranched alkanes of at least 4 members (excludes halogenated alkanes) is 11. The molecule has 9 nitrogen and oxygen atoms in total. The maximum atomic E-state index is 12.6. The van der Waals surface area contributed by atoms with Gasteiger partial charge in [-0.15, -0.1) is 0 Å². The van der Waals surface area contributed by atoms with E-state index in [9.17, 15) is 19.4 Å². The summed E-state index contributed by atoms with van der Waals surface area (Å²) in [5.74, 6) is -0.444. The topological polar surface area (TPSA) is 132 Å².